The van der Waals surface area contributed by atoms with E-state index in [-0.39, 0.29) is 0 Å². The fourth-order valence-electron chi connectivity index (χ4n) is 6.34. The first-order chi connectivity index (χ1) is 23.3. The summed E-state index contributed by atoms with van der Waals surface area (Å²) in [6.07, 6.45) is 0. The van der Waals surface area contributed by atoms with Crippen LogP contribution in [0.3, 0.4) is 0 Å². The second-order valence-electron chi connectivity index (χ2n) is 11.6. The van der Waals surface area contributed by atoms with Crippen molar-refractivity contribution in [3.8, 4) is 50.5 Å². The summed E-state index contributed by atoms with van der Waals surface area (Å²) in [6, 6.07) is 56.3. The summed E-state index contributed by atoms with van der Waals surface area (Å²) in [6.45, 7) is 0. The maximum atomic E-state index is 5.26. The van der Waals surface area contributed by atoms with Gasteiger partial charge in [0.25, 0.3) is 0 Å². The molecule has 3 heterocycles. The van der Waals surface area contributed by atoms with Crippen LogP contribution in [0.4, 0.5) is 0 Å². The molecule has 5 nitrogen and oxygen atoms in total. The lowest BCUT2D eigenvalue weighted by Crippen LogP contribution is -1.97. The monoisotopic (exact) mass is 601 g/mol. The first-order valence-corrected chi connectivity index (χ1v) is 15.7. The largest absolute Gasteiger partial charge is 0.245 e. The van der Waals surface area contributed by atoms with E-state index in [1.165, 1.54) is 0 Å². The zero-order chi connectivity index (χ0) is 31.2. The quantitative estimate of drug-likeness (QED) is 0.184. The van der Waals surface area contributed by atoms with Crippen LogP contribution in [0.2, 0.25) is 0 Å². The molecule has 0 unspecified atom stereocenters. The van der Waals surface area contributed by atoms with Crippen molar-refractivity contribution in [1.29, 1.82) is 0 Å². The Kier molecular flexibility index (Phi) is 6.39. The van der Waals surface area contributed by atoms with Crippen LogP contribution in [0, 0.1) is 0 Å². The van der Waals surface area contributed by atoms with Gasteiger partial charge in [0, 0.05) is 27.5 Å². The summed E-state index contributed by atoms with van der Waals surface area (Å²) in [5.74, 6) is 0. The third-order valence-corrected chi connectivity index (χ3v) is 8.66. The molecule has 5 heteroatoms. The van der Waals surface area contributed by atoms with Crippen molar-refractivity contribution in [2.75, 3.05) is 0 Å². The van der Waals surface area contributed by atoms with Crippen LogP contribution >= 0.6 is 0 Å². The van der Waals surface area contributed by atoms with Crippen LogP contribution in [-0.4, -0.2) is 25.0 Å². The standard InChI is InChI=1S/C42H27N5/c1-4-12-28(13-5-1)37-24-22-32-27-36(35-23-25-38(29-14-6-2-7-15-29)44-42(35)40(32)43-37)31-17-10-16-30(26-31)34-20-11-21-39-41(34)46-47(45-39)33-18-8-3-9-19-33/h1-27H. The number of benzene rings is 6. The highest BCUT2D eigenvalue weighted by Crippen LogP contribution is 2.38. The van der Waals surface area contributed by atoms with Crippen molar-refractivity contribution in [3.05, 3.63) is 164 Å². The minimum atomic E-state index is 0.853. The summed E-state index contributed by atoms with van der Waals surface area (Å²) in [4.78, 5) is 12.2. The van der Waals surface area contributed by atoms with E-state index in [0.717, 1.165) is 83.3 Å². The van der Waals surface area contributed by atoms with Gasteiger partial charge in [0.1, 0.15) is 11.0 Å². The maximum Gasteiger partial charge on any atom is 0.121 e. The summed E-state index contributed by atoms with van der Waals surface area (Å²) < 4.78 is 0. The van der Waals surface area contributed by atoms with Gasteiger partial charge < -0.3 is 0 Å². The maximum absolute atomic E-state index is 5.26. The van der Waals surface area contributed by atoms with Crippen molar-refractivity contribution < 1.29 is 0 Å². The number of nitrogens with zero attached hydrogens (tertiary/aromatic N) is 5. The van der Waals surface area contributed by atoms with Crippen molar-refractivity contribution in [1.82, 2.24) is 25.0 Å². The molecule has 0 radical (unpaired) electrons. The van der Waals surface area contributed by atoms with Gasteiger partial charge >= 0.3 is 0 Å². The molecule has 0 aliphatic rings. The molecule has 0 aliphatic carbocycles. The first kappa shape index (κ1) is 26.9. The second-order valence-corrected chi connectivity index (χ2v) is 11.6. The number of hydrogen-bond donors (Lipinski definition) is 0. The van der Waals surface area contributed by atoms with Crippen molar-refractivity contribution in [2.24, 2.45) is 0 Å². The van der Waals surface area contributed by atoms with E-state index in [2.05, 4.69) is 84.9 Å². The highest BCUT2D eigenvalue weighted by Gasteiger charge is 2.16. The van der Waals surface area contributed by atoms with E-state index >= 15 is 0 Å². The Balaban J connectivity index is 1.23. The van der Waals surface area contributed by atoms with Crippen LogP contribution in [0.1, 0.15) is 0 Å². The van der Waals surface area contributed by atoms with Gasteiger partial charge in [-0.2, -0.15) is 4.80 Å². The van der Waals surface area contributed by atoms with E-state index in [1.54, 1.807) is 4.80 Å². The number of aromatic nitrogens is 5. The minimum absolute atomic E-state index is 0.853. The smallest absolute Gasteiger partial charge is 0.121 e. The van der Waals surface area contributed by atoms with Gasteiger partial charge in [-0.1, -0.05) is 115 Å². The predicted molar refractivity (Wildman–Crippen MR) is 191 cm³/mol. The molecule has 3 aromatic heterocycles. The van der Waals surface area contributed by atoms with E-state index in [0.29, 0.717) is 0 Å². The number of rotatable bonds is 5. The Morgan fingerprint density at radius 2 is 0.979 bits per heavy atom. The third-order valence-electron chi connectivity index (χ3n) is 8.66. The van der Waals surface area contributed by atoms with Gasteiger partial charge in [-0.3, -0.25) is 0 Å². The molecule has 0 fully saturated rings. The van der Waals surface area contributed by atoms with Crippen molar-refractivity contribution >= 4 is 32.8 Å². The van der Waals surface area contributed by atoms with Crippen LogP contribution in [0.15, 0.2) is 164 Å². The van der Waals surface area contributed by atoms with E-state index < -0.39 is 0 Å². The summed E-state index contributed by atoms with van der Waals surface area (Å²) in [5.41, 5.74) is 12.7. The SMILES string of the molecule is c1ccc(-c2ccc3cc(-c4cccc(-c5cccc6nn(-c7ccccc7)nc56)c4)c4ccc(-c5ccccc5)nc4c3n2)cc1. The molecule has 0 saturated carbocycles. The highest BCUT2D eigenvalue weighted by molar-refractivity contribution is 6.11. The molecule has 0 spiro atoms. The first-order valence-electron chi connectivity index (χ1n) is 15.7. The summed E-state index contributed by atoms with van der Waals surface area (Å²) >= 11 is 0. The Bertz CT molecular complexity index is 2560. The third kappa shape index (κ3) is 4.82. The van der Waals surface area contributed by atoms with Gasteiger partial charge in [-0.15, -0.1) is 10.2 Å². The van der Waals surface area contributed by atoms with Gasteiger partial charge in [0.05, 0.1) is 28.1 Å². The number of pyridine rings is 2. The molecular weight excluding hydrogens is 574 g/mol. The predicted octanol–water partition coefficient (Wildman–Crippen LogP) is 10.2. The van der Waals surface area contributed by atoms with Gasteiger partial charge in [0.15, 0.2) is 0 Å². The molecule has 47 heavy (non-hydrogen) atoms. The molecule has 9 aromatic rings. The molecular formula is C42H27N5. The van der Waals surface area contributed by atoms with Crippen LogP contribution < -0.4 is 0 Å². The lowest BCUT2D eigenvalue weighted by molar-refractivity contribution is 0.766. The fourth-order valence-corrected chi connectivity index (χ4v) is 6.34. The van der Waals surface area contributed by atoms with Gasteiger partial charge in [-0.25, -0.2) is 9.97 Å². The molecule has 0 bridgehead atoms. The number of fused-ring (bicyclic) bond motifs is 4. The topological polar surface area (TPSA) is 56.5 Å². The molecule has 6 aromatic carbocycles. The fraction of sp³-hybridized carbons (Fsp3) is 0. The molecule has 9 rings (SSSR count). The van der Waals surface area contributed by atoms with E-state index in [4.69, 9.17) is 20.2 Å². The van der Waals surface area contributed by atoms with Crippen molar-refractivity contribution in [3.63, 3.8) is 0 Å². The molecule has 220 valence electrons. The second kappa shape index (κ2) is 11.2. The molecule has 0 atom stereocenters. The molecule has 0 aliphatic heterocycles. The Labute approximate surface area is 271 Å². The summed E-state index contributed by atoms with van der Waals surface area (Å²) in [5, 5.41) is 11.8. The lowest BCUT2D eigenvalue weighted by atomic mass is 9.94. The van der Waals surface area contributed by atoms with Gasteiger partial charge in [0.2, 0.25) is 0 Å². The summed E-state index contributed by atoms with van der Waals surface area (Å²) in [7, 11) is 0. The Hall–Kier alpha value is -6.46. The average Bonchev–Trinajstić information content (AvgIpc) is 3.60. The Morgan fingerprint density at radius 3 is 1.70 bits per heavy atom. The lowest BCUT2D eigenvalue weighted by Gasteiger charge is -2.14. The number of hydrogen-bond acceptors (Lipinski definition) is 4. The van der Waals surface area contributed by atoms with Crippen LogP contribution in [-0.2, 0) is 0 Å². The van der Waals surface area contributed by atoms with Crippen LogP contribution in [0.5, 0.6) is 0 Å². The van der Waals surface area contributed by atoms with Crippen LogP contribution in [0.25, 0.3) is 83.3 Å². The molecule has 0 amide bonds. The number of para-hydroxylation sites is 1. The van der Waals surface area contributed by atoms with Crippen molar-refractivity contribution in [2.45, 2.75) is 0 Å². The van der Waals surface area contributed by atoms with Gasteiger partial charge in [-0.05, 0) is 65.2 Å². The zero-order valence-electron chi connectivity index (χ0n) is 25.3. The molecule has 0 N–H and O–H groups in total. The van der Waals surface area contributed by atoms with E-state index in [1.807, 2.05) is 78.9 Å². The zero-order valence-corrected chi connectivity index (χ0v) is 25.3. The average molecular weight is 602 g/mol. The Morgan fingerprint density at radius 1 is 0.383 bits per heavy atom. The molecule has 0 saturated heterocycles. The normalized spacial score (nSPS) is 11.4. The highest BCUT2D eigenvalue weighted by atomic mass is 15.5. The van der Waals surface area contributed by atoms with E-state index in [9.17, 15) is 0 Å². The minimum Gasteiger partial charge on any atom is -0.245 e.